The summed E-state index contributed by atoms with van der Waals surface area (Å²) in [5, 5.41) is 3.22. The first kappa shape index (κ1) is 19.9. The zero-order valence-corrected chi connectivity index (χ0v) is 16.9. The van der Waals surface area contributed by atoms with Gasteiger partial charge >= 0.3 is 0 Å². The van der Waals surface area contributed by atoms with Gasteiger partial charge in [-0.3, -0.25) is 19.5 Å². The Hall–Kier alpha value is -2.80. The van der Waals surface area contributed by atoms with E-state index in [1.54, 1.807) is 17.3 Å². The third kappa shape index (κ3) is 4.36. The number of carbonyl (C=O) groups is 2. The number of aromatic nitrogens is 1. The number of pyridine rings is 1. The molecule has 0 unspecified atom stereocenters. The topological polar surface area (TPSA) is 65.5 Å². The first-order valence-corrected chi connectivity index (χ1v) is 9.79. The summed E-state index contributed by atoms with van der Waals surface area (Å²) < 4.78 is 0. The van der Waals surface area contributed by atoms with E-state index in [2.05, 4.69) is 10.3 Å². The van der Waals surface area contributed by atoms with E-state index < -0.39 is 6.04 Å². The van der Waals surface area contributed by atoms with Crippen molar-refractivity contribution in [1.82, 2.24) is 15.2 Å². The maximum atomic E-state index is 13.2. The van der Waals surface area contributed by atoms with Crippen LogP contribution in [0.5, 0.6) is 0 Å². The number of amides is 2. The lowest BCUT2D eigenvalue weighted by Gasteiger charge is -2.24. The third-order valence-corrected chi connectivity index (χ3v) is 5.17. The fourth-order valence-electron chi connectivity index (χ4n) is 3.26. The van der Waals surface area contributed by atoms with Gasteiger partial charge in [0.15, 0.2) is 5.11 Å². The minimum Gasteiger partial charge on any atom is -0.356 e. The van der Waals surface area contributed by atoms with Crippen LogP contribution in [0.25, 0.3) is 0 Å². The van der Waals surface area contributed by atoms with E-state index in [0.717, 1.165) is 16.8 Å². The van der Waals surface area contributed by atoms with Gasteiger partial charge in [0.05, 0.1) is 12.1 Å². The molecule has 2 aromatic rings. The highest BCUT2D eigenvalue weighted by Crippen LogP contribution is 2.27. The van der Waals surface area contributed by atoms with Gasteiger partial charge in [0, 0.05) is 25.5 Å². The molecule has 0 saturated carbocycles. The first-order chi connectivity index (χ1) is 13.5. The second-order valence-corrected chi connectivity index (χ2v) is 7.13. The summed E-state index contributed by atoms with van der Waals surface area (Å²) in [7, 11) is 0. The molecular weight excluding hydrogens is 372 g/mol. The molecule has 2 amide bonds. The summed E-state index contributed by atoms with van der Waals surface area (Å²) in [5.74, 6) is -0.307. The fourth-order valence-corrected chi connectivity index (χ4v) is 3.68. The van der Waals surface area contributed by atoms with Crippen molar-refractivity contribution in [1.29, 1.82) is 0 Å². The fraction of sp³-hybridized carbons (Fsp3) is 0.333. The van der Waals surface area contributed by atoms with E-state index in [1.807, 2.05) is 55.1 Å². The Balaban J connectivity index is 1.84. The van der Waals surface area contributed by atoms with Crippen molar-refractivity contribution >= 4 is 34.8 Å². The second-order valence-electron chi connectivity index (χ2n) is 6.76. The van der Waals surface area contributed by atoms with Crippen molar-refractivity contribution in [3.63, 3.8) is 0 Å². The van der Waals surface area contributed by atoms with E-state index in [0.29, 0.717) is 24.6 Å². The molecule has 1 fully saturated rings. The molecule has 1 aliphatic heterocycles. The number of rotatable bonds is 7. The highest BCUT2D eigenvalue weighted by atomic mass is 32.1. The summed E-state index contributed by atoms with van der Waals surface area (Å²) in [5.41, 5.74) is 2.94. The van der Waals surface area contributed by atoms with E-state index in [4.69, 9.17) is 12.2 Å². The average Bonchev–Trinajstić information content (AvgIpc) is 2.92. The number of nitrogens with zero attached hydrogens (tertiary/aromatic N) is 3. The Kier molecular flexibility index (Phi) is 6.36. The molecule has 0 radical (unpaired) electrons. The lowest BCUT2D eigenvalue weighted by Crippen LogP contribution is -2.40. The molecule has 1 aromatic heterocycles. The van der Waals surface area contributed by atoms with Gasteiger partial charge in [-0.15, -0.1) is 0 Å². The molecular formula is C21H24N4O2S. The summed E-state index contributed by atoms with van der Waals surface area (Å²) in [4.78, 5) is 32.8. The van der Waals surface area contributed by atoms with Crippen LogP contribution in [0.3, 0.4) is 0 Å². The summed E-state index contributed by atoms with van der Waals surface area (Å²) in [6, 6.07) is 11.0. The van der Waals surface area contributed by atoms with Crippen molar-refractivity contribution < 1.29 is 9.59 Å². The number of hydrogen-bond acceptors (Lipinski definition) is 4. The predicted octanol–water partition coefficient (Wildman–Crippen LogP) is 2.46. The molecule has 1 aromatic carbocycles. The number of nitrogens with one attached hydrogen (secondary N) is 1. The van der Waals surface area contributed by atoms with Gasteiger partial charge in [-0.2, -0.15) is 0 Å². The lowest BCUT2D eigenvalue weighted by atomic mass is 10.1. The zero-order chi connectivity index (χ0) is 20.1. The van der Waals surface area contributed by atoms with E-state index in [1.165, 1.54) is 0 Å². The van der Waals surface area contributed by atoms with Gasteiger partial charge in [-0.05, 0) is 62.3 Å². The Morgan fingerprint density at radius 3 is 2.50 bits per heavy atom. The van der Waals surface area contributed by atoms with Crippen LogP contribution < -0.4 is 10.2 Å². The van der Waals surface area contributed by atoms with Crippen molar-refractivity contribution in [2.24, 2.45) is 0 Å². The SMILES string of the molecule is CCNC(=O)C[C@@H]1C(=O)N(c2ccc(C)cc2)C(=S)N1CCc1ccncc1. The number of carbonyl (C=O) groups excluding carboxylic acids is 2. The summed E-state index contributed by atoms with van der Waals surface area (Å²) in [6.45, 7) is 4.94. The van der Waals surface area contributed by atoms with Gasteiger partial charge in [0.2, 0.25) is 5.91 Å². The van der Waals surface area contributed by atoms with E-state index in [9.17, 15) is 9.59 Å². The van der Waals surface area contributed by atoms with Crippen molar-refractivity contribution in [3.8, 4) is 0 Å². The average molecular weight is 397 g/mol. The molecule has 7 heteroatoms. The quantitative estimate of drug-likeness (QED) is 0.729. The molecule has 1 N–H and O–H groups in total. The lowest BCUT2D eigenvalue weighted by molar-refractivity contribution is -0.127. The van der Waals surface area contributed by atoms with Crippen LogP contribution in [0.1, 0.15) is 24.5 Å². The highest BCUT2D eigenvalue weighted by molar-refractivity contribution is 7.80. The molecule has 0 bridgehead atoms. The third-order valence-electron chi connectivity index (χ3n) is 4.75. The molecule has 0 aliphatic carbocycles. The molecule has 146 valence electrons. The van der Waals surface area contributed by atoms with E-state index >= 15 is 0 Å². The number of hydrogen-bond donors (Lipinski definition) is 1. The second kappa shape index (κ2) is 8.93. The Labute approximate surface area is 170 Å². The molecule has 0 spiro atoms. The standard InChI is InChI=1S/C21H24N4O2S/c1-3-23-19(26)14-18-20(27)25(17-6-4-15(2)5-7-17)21(28)24(18)13-10-16-8-11-22-12-9-16/h4-9,11-12,18H,3,10,13-14H2,1-2H3,(H,23,26)/t18-/m1/s1. The van der Waals surface area contributed by atoms with Crippen molar-refractivity contribution in [2.75, 3.05) is 18.0 Å². The van der Waals surface area contributed by atoms with Gasteiger partial charge in [-0.1, -0.05) is 17.7 Å². The monoisotopic (exact) mass is 396 g/mol. The smallest absolute Gasteiger partial charge is 0.256 e. The Morgan fingerprint density at radius 2 is 1.86 bits per heavy atom. The molecule has 6 nitrogen and oxygen atoms in total. The Morgan fingerprint density at radius 1 is 1.18 bits per heavy atom. The normalized spacial score (nSPS) is 16.6. The van der Waals surface area contributed by atoms with Gasteiger partial charge in [0.1, 0.15) is 6.04 Å². The van der Waals surface area contributed by atoms with Gasteiger partial charge in [-0.25, -0.2) is 0 Å². The number of anilines is 1. The largest absolute Gasteiger partial charge is 0.356 e. The molecule has 2 heterocycles. The molecule has 1 atom stereocenters. The number of thiocarbonyl (C=S) groups is 1. The molecule has 1 saturated heterocycles. The number of aryl methyl sites for hydroxylation is 1. The van der Waals surface area contributed by atoms with Crippen molar-refractivity contribution in [2.45, 2.75) is 32.7 Å². The highest BCUT2D eigenvalue weighted by Gasteiger charge is 2.43. The van der Waals surface area contributed by atoms with Gasteiger partial charge < -0.3 is 10.2 Å². The molecule has 3 rings (SSSR count). The first-order valence-electron chi connectivity index (χ1n) is 9.38. The minimum atomic E-state index is -0.595. The van der Waals surface area contributed by atoms with Gasteiger partial charge in [0.25, 0.3) is 5.91 Å². The molecule has 28 heavy (non-hydrogen) atoms. The maximum Gasteiger partial charge on any atom is 0.256 e. The minimum absolute atomic E-state index is 0.0888. The van der Waals surface area contributed by atoms with Crippen LogP contribution in [-0.4, -0.2) is 45.9 Å². The van der Waals surface area contributed by atoms with Crippen LogP contribution in [-0.2, 0) is 16.0 Å². The van der Waals surface area contributed by atoms with Crippen LogP contribution in [0.4, 0.5) is 5.69 Å². The van der Waals surface area contributed by atoms with Crippen LogP contribution in [0.2, 0.25) is 0 Å². The van der Waals surface area contributed by atoms with Crippen LogP contribution >= 0.6 is 12.2 Å². The summed E-state index contributed by atoms with van der Waals surface area (Å²) >= 11 is 5.65. The Bertz CT molecular complexity index is 854. The summed E-state index contributed by atoms with van der Waals surface area (Å²) in [6.07, 6.45) is 4.29. The van der Waals surface area contributed by atoms with Crippen LogP contribution in [0, 0.1) is 6.92 Å². The maximum absolute atomic E-state index is 13.2. The van der Waals surface area contributed by atoms with Crippen LogP contribution in [0.15, 0.2) is 48.8 Å². The van der Waals surface area contributed by atoms with E-state index in [-0.39, 0.29) is 18.2 Å². The molecule has 1 aliphatic rings. The predicted molar refractivity (Wildman–Crippen MR) is 113 cm³/mol. The number of benzene rings is 1. The van der Waals surface area contributed by atoms with Crippen molar-refractivity contribution in [3.05, 3.63) is 59.9 Å². The zero-order valence-electron chi connectivity index (χ0n) is 16.1.